The summed E-state index contributed by atoms with van der Waals surface area (Å²) in [5.41, 5.74) is 2.99. The Kier molecular flexibility index (Phi) is 11.7. The lowest BCUT2D eigenvalue weighted by atomic mass is 10.1. The van der Waals surface area contributed by atoms with Gasteiger partial charge in [-0.25, -0.2) is 0 Å². The van der Waals surface area contributed by atoms with Gasteiger partial charge < -0.3 is 25.4 Å². The number of hydrogen-bond donors (Lipinski definition) is 3. The largest absolute Gasteiger partial charge is 0.493 e. The Labute approximate surface area is 291 Å². The van der Waals surface area contributed by atoms with Crippen molar-refractivity contribution < 1.29 is 23.9 Å². The van der Waals surface area contributed by atoms with Crippen LogP contribution in [0.1, 0.15) is 26.7 Å². The van der Waals surface area contributed by atoms with Crippen LogP contribution >= 0.6 is 27.7 Å². The van der Waals surface area contributed by atoms with Crippen LogP contribution in [-0.4, -0.2) is 31.9 Å². The summed E-state index contributed by atoms with van der Waals surface area (Å²) >= 11 is 4.85. The highest BCUT2D eigenvalue weighted by atomic mass is 79.9. The van der Waals surface area contributed by atoms with Crippen molar-refractivity contribution in [2.24, 2.45) is 0 Å². The smallest absolute Gasteiger partial charge is 0.272 e. The molecule has 0 saturated heterocycles. The average molecular weight is 723 g/mol. The van der Waals surface area contributed by atoms with Crippen molar-refractivity contribution >= 4 is 62.9 Å². The van der Waals surface area contributed by atoms with Gasteiger partial charge in [-0.1, -0.05) is 72.8 Å². The SMILES string of the molecule is COc1ccc(/C=C(/NC(=O)c2ccccc2)C(=O)Nc2cccc(SC(C(=O)Nc3ccccc3Br)c3ccccc3)c2)cc1OC. The van der Waals surface area contributed by atoms with Gasteiger partial charge in [0.2, 0.25) is 5.91 Å². The summed E-state index contributed by atoms with van der Waals surface area (Å²) in [5, 5.41) is 8.09. The molecule has 0 saturated carbocycles. The van der Waals surface area contributed by atoms with E-state index in [0.717, 1.165) is 14.9 Å². The van der Waals surface area contributed by atoms with Gasteiger partial charge in [0.25, 0.3) is 11.8 Å². The van der Waals surface area contributed by atoms with Crippen LogP contribution < -0.4 is 25.4 Å². The van der Waals surface area contributed by atoms with E-state index in [1.165, 1.54) is 26.0 Å². The highest BCUT2D eigenvalue weighted by molar-refractivity contribution is 9.10. The van der Waals surface area contributed by atoms with E-state index in [1.54, 1.807) is 66.7 Å². The highest BCUT2D eigenvalue weighted by Gasteiger charge is 2.23. The molecule has 48 heavy (non-hydrogen) atoms. The van der Waals surface area contributed by atoms with Crippen molar-refractivity contribution in [3.63, 3.8) is 0 Å². The number of methoxy groups -OCH3 is 2. The Balaban J connectivity index is 1.40. The second-order valence-electron chi connectivity index (χ2n) is 10.4. The number of ether oxygens (including phenoxy) is 2. The predicted octanol–water partition coefficient (Wildman–Crippen LogP) is 8.35. The van der Waals surface area contributed by atoms with E-state index >= 15 is 0 Å². The molecule has 0 aromatic heterocycles. The van der Waals surface area contributed by atoms with E-state index in [9.17, 15) is 14.4 Å². The van der Waals surface area contributed by atoms with Crippen LogP contribution in [0.25, 0.3) is 6.08 Å². The number of thioether (sulfide) groups is 1. The van der Waals surface area contributed by atoms with E-state index in [2.05, 4.69) is 31.9 Å². The maximum absolute atomic E-state index is 13.7. The van der Waals surface area contributed by atoms with Crippen molar-refractivity contribution in [1.82, 2.24) is 5.32 Å². The molecule has 0 spiro atoms. The normalized spacial score (nSPS) is 11.6. The van der Waals surface area contributed by atoms with Crippen molar-refractivity contribution in [3.8, 4) is 11.5 Å². The Hall–Kier alpha value is -5.32. The lowest BCUT2D eigenvalue weighted by molar-refractivity contribution is -0.116. The molecule has 10 heteroatoms. The number of carbonyl (C=O) groups is 3. The van der Waals surface area contributed by atoms with Crippen molar-refractivity contribution in [3.05, 3.63) is 154 Å². The highest BCUT2D eigenvalue weighted by Crippen LogP contribution is 2.38. The molecular formula is C38H32BrN3O5S. The summed E-state index contributed by atoms with van der Waals surface area (Å²) in [6.07, 6.45) is 1.56. The molecule has 5 aromatic rings. The summed E-state index contributed by atoms with van der Waals surface area (Å²) < 4.78 is 11.5. The molecule has 0 aliphatic rings. The Morgan fingerprint density at radius 1 is 0.729 bits per heavy atom. The third kappa shape index (κ3) is 8.93. The van der Waals surface area contributed by atoms with Crippen LogP contribution in [0, 0.1) is 0 Å². The molecule has 1 unspecified atom stereocenters. The topological polar surface area (TPSA) is 106 Å². The predicted molar refractivity (Wildman–Crippen MR) is 194 cm³/mol. The molecule has 0 fully saturated rings. The first-order valence-corrected chi connectivity index (χ1v) is 16.5. The standard InChI is InChI=1S/C38H32BrN3O5S/c1-46-33-21-20-25(23-34(33)47-2)22-32(42-36(43)27-14-7-4-8-15-27)37(44)40-28-16-11-17-29(24-28)48-35(26-12-5-3-6-13-26)38(45)41-31-19-10-9-18-30(31)39/h3-24,35H,1-2H3,(H,40,44)(H,41,45)(H,42,43)/b32-22+. The second kappa shape index (κ2) is 16.5. The summed E-state index contributed by atoms with van der Waals surface area (Å²) in [5.74, 6) is -0.175. The second-order valence-corrected chi connectivity index (χ2v) is 12.4. The number of halogens is 1. The lowest BCUT2D eigenvalue weighted by Crippen LogP contribution is -2.30. The van der Waals surface area contributed by atoms with E-state index in [-0.39, 0.29) is 11.6 Å². The first kappa shape index (κ1) is 34.0. The number of hydrogen-bond acceptors (Lipinski definition) is 6. The number of nitrogens with one attached hydrogen (secondary N) is 3. The molecule has 0 aliphatic carbocycles. The molecule has 0 radical (unpaired) electrons. The average Bonchev–Trinajstić information content (AvgIpc) is 3.12. The Bertz CT molecular complexity index is 1940. The van der Waals surface area contributed by atoms with Gasteiger partial charge >= 0.3 is 0 Å². The van der Waals surface area contributed by atoms with Crippen LogP contribution in [0.5, 0.6) is 11.5 Å². The molecule has 0 heterocycles. The van der Waals surface area contributed by atoms with Gasteiger partial charge in [0.05, 0.1) is 19.9 Å². The van der Waals surface area contributed by atoms with Crippen LogP contribution in [0.3, 0.4) is 0 Å². The number of anilines is 2. The third-order valence-electron chi connectivity index (χ3n) is 7.07. The van der Waals surface area contributed by atoms with Gasteiger partial charge in [0.15, 0.2) is 11.5 Å². The first-order chi connectivity index (χ1) is 23.3. The molecule has 1 atom stereocenters. The molecule has 8 nitrogen and oxygen atoms in total. The van der Waals surface area contributed by atoms with Gasteiger partial charge in [0, 0.05) is 20.6 Å². The molecular weight excluding hydrogens is 690 g/mol. The number of rotatable bonds is 12. The summed E-state index contributed by atoms with van der Waals surface area (Å²) in [4.78, 5) is 41.2. The Morgan fingerprint density at radius 2 is 1.42 bits per heavy atom. The van der Waals surface area contributed by atoms with Gasteiger partial charge in [0.1, 0.15) is 10.9 Å². The number of amides is 3. The minimum Gasteiger partial charge on any atom is -0.493 e. The maximum atomic E-state index is 13.7. The van der Waals surface area contributed by atoms with E-state index in [4.69, 9.17) is 9.47 Å². The van der Waals surface area contributed by atoms with Crippen LogP contribution in [0.15, 0.2) is 142 Å². The van der Waals surface area contributed by atoms with E-state index < -0.39 is 17.1 Å². The fourth-order valence-electron chi connectivity index (χ4n) is 4.69. The summed E-state index contributed by atoms with van der Waals surface area (Å²) in [6, 6.07) is 37.9. The van der Waals surface area contributed by atoms with Gasteiger partial charge in [-0.15, -0.1) is 11.8 Å². The number of para-hydroxylation sites is 1. The summed E-state index contributed by atoms with van der Waals surface area (Å²) in [6.45, 7) is 0. The Morgan fingerprint density at radius 3 is 2.12 bits per heavy atom. The zero-order chi connectivity index (χ0) is 33.9. The fourth-order valence-corrected chi connectivity index (χ4v) is 6.16. The molecule has 242 valence electrons. The number of benzene rings is 5. The lowest BCUT2D eigenvalue weighted by Gasteiger charge is -2.18. The first-order valence-electron chi connectivity index (χ1n) is 14.8. The molecule has 5 rings (SSSR count). The monoisotopic (exact) mass is 721 g/mol. The third-order valence-corrected chi connectivity index (χ3v) is 9.00. The minimum absolute atomic E-state index is 0.0177. The molecule has 5 aromatic carbocycles. The van der Waals surface area contributed by atoms with E-state index in [1.807, 2.05) is 66.7 Å². The molecule has 3 amide bonds. The molecule has 0 aliphatic heterocycles. The quantitative estimate of drug-likeness (QED) is 0.0884. The molecule has 3 N–H and O–H groups in total. The molecule has 0 bridgehead atoms. The maximum Gasteiger partial charge on any atom is 0.272 e. The fraction of sp³-hybridized carbons (Fsp3) is 0.0789. The van der Waals surface area contributed by atoms with Gasteiger partial charge in [-0.2, -0.15) is 0 Å². The van der Waals surface area contributed by atoms with Crippen LogP contribution in [-0.2, 0) is 9.59 Å². The number of carbonyl (C=O) groups excluding carboxylic acids is 3. The van der Waals surface area contributed by atoms with Crippen molar-refractivity contribution in [1.29, 1.82) is 0 Å². The zero-order valence-corrected chi connectivity index (χ0v) is 28.5. The van der Waals surface area contributed by atoms with Gasteiger partial charge in [-0.3, -0.25) is 14.4 Å². The zero-order valence-electron chi connectivity index (χ0n) is 26.1. The van der Waals surface area contributed by atoms with Crippen molar-refractivity contribution in [2.75, 3.05) is 24.9 Å². The van der Waals surface area contributed by atoms with Gasteiger partial charge in [-0.05, 0) is 87.7 Å². The van der Waals surface area contributed by atoms with Crippen LogP contribution in [0.4, 0.5) is 11.4 Å². The van der Waals surface area contributed by atoms with Crippen LogP contribution in [0.2, 0.25) is 0 Å². The minimum atomic E-state index is -0.588. The van der Waals surface area contributed by atoms with E-state index in [0.29, 0.717) is 34.0 Å². The van der Waals surface area contributed by atoms with Crippen molar-refractivity contribution in [2.45, 2.75) is 10.1 Å². The summed E-state index contributed by atoms with van der Waals surface area (Å²) in [7, 11) is 3.06.